The van der Waals surface area contributed by atoms with Crippen molar-refractivity contribution in [3.05, 3.63) is 58.3 Å². The molecule has 2 heteroatoms. The van der Waals surface area contributed by atoms with Gasteiger partial charge in [0.25, 0.3) is 0 Å². The van der Waals surface area contributed by atoms with Crippen molar-refractivity contribution in [1.29, 1.82) is 0 Å². The molecule has 1 aromatic heterocycles. The Labute approximate surface area is 100 Å². The summed E-state index contributed by atoms with van der Waals surface area (Å²) in [7, 11) is 0. The highest BCUT2D eigenvalue weighted by Gasteiger charge is 2.37. The van der Waals surface area contributed by atoms with Crippen LogP contribution in [0.25, 0.3) is 0 Å². The van der Waals surface area contributed by atoms with Crippen molar-refractivity contribution in [3.8, 4) is 0 Å². The summed E-state index contributed by atoms with van der Waals surface area (Å²) >= 11 is 1.83. The first kappa shape index (κ1) is 10.1. The van der Waals surface area contributed by atoms with Crippen molar-refractivity contribution in [3.63, 3.8) is 0 Å². The summed E-state index contributed by atoms with van der Waals surface area (Å²) < 4.78 is 0. The average Bonchev–Trinajstić information content (AvgIpc) is 2.93. The number of nitrogens with one attached hydrogen (secondary N) is 1. The second-order valence-electron chi connectivity index (χ2n) is 4.32. The van der Waals surface area contributed by atoms with E-state index in [0.29, 0.717) is 6.04 Å². The van der Waals surface area contributed by atoms with Crippen molar-refractivity contribution in [2.24, 2.45) is 0 Å². The molecule has 0 bridgehead atoms. The molecular formula is C14H15NS. The van der Waals surface area contributed by atoms with E-state index in [1.54, 1.807) is 0 Å². The van der Waals surface area contributed by atoms with Gasteiger partial charge in [0.15, 0.2) is 0 Å². The standard InChI is InChI=1S/C14H15NS/c1-2-5-11(6-3-1)13-9-14(13)15-10-12-7-4-8-16-12/h1-8,13-15H,9-10H2/t13?,14-/m0/s1. The van der Waals surface area contributed by atoms with Crippen molar-refractivity contribution < 1.29 is 0 Å². The Bertz CT molecular complexity index is 435. The van der Waals surface area contributed by atoms with Gasteiger partial charge in [-0.2, -0.15) is 0 Å². The fraction of sp³-hybridized carbons (Fsp3) is 0.286. The van der Waals surface area contributed by atoms with E-state index in [2.05, 4.69) is 53.2 Å². The zero-order valence-corrected chi connectivity index (χ0v) is 9.91. The van der Waals surface area contributed by atoms with E-state index < -0.39 is 0 Å². The molecule has 0 amide bonds. The third-order valence-corrected chi connectivity index (χ3v) is 4.01. The van der Waals surface area contributed by atoms with Gasteiger partial charge in [-0.3, -0.25) is 0 Å². The number of thiophene rings is 1. The summed E-state index contributed by atoms with van der Waals surface area (Å²) in [5.41, 5.74) is 1.48. The van der Waals surface area contributed by atoms with Crippen LogP contribution in [0.2, 0.25) is 0 Å². The molecule has 1 aliphatic rings. The molecule has 1 aromatic carbocycles. The van der Waals surface area contributed by atoms with Crippen LogP contribution in [0.1, 0.15) is 22.8 Å². The van der Waals surface area contributed by atoms with Crippen LogP contribution < -0.4 is 5.32 Å². The highest BCUT2D eigenvalue weighted by atomic mass is 32.1. The van der Waals surface area contributed by atoms with Crippen LogP contribution in [0.15, 0.2) is 47.8 Å². The number of rotatable bonds is 4. The first-order valence-electron chi connectivity index (χ1n) is 5.74. The molecule has 1 fully saturated rings. The molecular weight excluding hydrogens is 214 g/mol. The molecule has 1 unspecified atom stereocenters. The minimum atomic E-state index is 0.685. The van der Waals surface area contributed by atoms with Crippen molar-refractivity contribution in [1.82, 2.24) is 5.32 Å². The molecule has 0 saturated heterocycles. The Morgan fingerprint density at radius 2 is 2.00 bits per heavy atom. The van der Waals surface area contributed by atoms with E-state index in [1.807, 2.05) is 11.3 Å². The molecule has 3 rings (SSSR count). The van der Waals surface area contributed by atoms with Gasteiger partial charge in [0.2, 0.25) is 0 Å². The van der Waals surface area contributed by atoms with Gasteiger partial charge in [0.05, 0.1) is 0 Å². The summed E-state index contributed by atoms with van der Waals surface area (Å²) in [6.07, 6.45) is 1.29. The van der Waals surface area contributed by atoms with Gasteiger partial charge in [0.1, 0.15) is 0 Å². The van der Waals surface area contributed by atoms with Crippen molar-refractivity contribution in [2.45, 2.75) is 24.9 Å². The Balaban J connectivity index is 1.53. The maximum Gasteiger partial charge on any atom is 0.0302 e. The molecule has 1 heterocycles. The van der Waals surface area contributed by atoms with Gasteiger partial charge in [-0.25, -0.2) is 0 Å². The molecule has 0 spiro atoms. The van der Waals surface area contributed by atoms with Gasteiger partial charge < -0.3 is 5.32 Å². The summed E-state index contributed by atoms with van der Waals surface area (Å²) in [4.78, 5) is 1.43. The minimum absolute atomic E-state index is 0.685. The number of benzene rings is 1. The lowest BCUT2D eigenvalue weighted by molar-refractivity contribution is 0.679. The quantitative estimate of drug-likeness (QED) is 0.847. The normalized spacial score (nSPS) is 23.2. The van der Waals surface area contributed by atoms with Crippen molar-refractivity contribution >= 4 is 11.3 Å². The molecule has 1 N–H and O–H groups in total. The van der Waals surface area contributed by atoms with Crippen LogP contribution in [-0.4, -0.2) is 6.04 Å². The Morgan fingerprint density at radius 1 is 1.12 bits per heavy atom. The SMILES string of the molecule is c1ccc(C2C[C@@H]2NCc2cccs2)cc1. The number of hydrogen-bond donors (Lipinski definition) is 1. The number of hydrogen-bond acceptors (Lipinski definition) is 2. The molecule has 82 valence electrons. The Hall–Kier alpha value is -1.12. The molecule has 1 nitrogen and oxygen atoms in total. The Morgan fingerprint density at radius 3 is 2.75 bits per heavy atom. The molecule has 0 aliphatic heterocycles. The highest BCUT2D eigenvalue weighted by Crippen LogP contribution is 2.40. The lowest BCUT2D eigenvalue weighted by Gasteiger charge is -2.02. The van der Waals surface area contributed by atoms with E-state index >= 15 is 0 Å². The molecule has 0 radical (unpaired) electrons. The van der Waals surface area contributed by atoms with Crippen molar-refractivity contribution in [2.75, 3.05) is 0 Å². The first-order valence-corrected chi connectivity index (χ1v) is 6.62. The van der Waals surface area contributed by atoms with E-state index in [4.69, 9.17) is 0 Å². The molecule has 1 aliphatic carbocycles. The second kappa shape index (κ2) is 4.40. The maximum atomic E-state index is 3.62. The average molecular weight is 229 g/mol. The van der Waals surface area contributed by atoms with Gasteiger partial charge >= 0.3 is 0 Å². The summed E-state index contributed by atoms with van der Waals surface area (Å²) in [6.45, 7) is 1.02. The van der Waals surface area contributed by atoms with Crippen LogP contribution in [0.3, 0.4) is 0 Å². The third kappa shape index (κ3) is 2.18. The fourth-order valence-corrected chi connectivity index (χ4v) is 2.79. The van der Waals surface area contributed by atoms with E-state index in [9.17, 15) is 0 Å². The molecule has 16 heavy (non-hydrogen) atoms. The molecule has 2 aromatic rings. The van der Waals surface area contributed by atoms with Gasteiger partial charge in [-0.1, -0.05) is 36.4 Å². The predicted octanol–water partition coefficient (Wildman–Crippen LogP) is 3.39. The van der Waals surface area contributed by atoms with Gasteiger partial charge in [0, 0.05) is 23.4 Å². The van der Waals surface area contributed by atoms with Gasteiger partial charge in [-0.15, -0.1) is 11.3 Å². The zero-order valence-electron chi connectivity index (χ0n) is 9.10. The first-order chi connectivity index (χ1) is 7.93. The maximum absolute atomic E-state index is 3.62. The van der Waals surface area contributed by atoms with Crippen LogP contribution in [-0.2, 0) is 6.54 Å². The smallest absolute Gasteiger partial charge is 0.0302 e. The zero-order chi connectivity index (χ0) is 10.8. The lowest BCUT2D eigenvalue weighted by Crippen LogP contribution is -2.16. The van der Waals surface area contributed by atoms with E-state index in [1.165, 1.54) is 16.9 Å². The summed E-state index contributed by atoms with van der Waals surface area (Å²) in [5.74, 6) is 0.737. The van der Waals surface area contributed by atoms with Crippen LogP contribution in [0.4, 0.5) is 0 Å². The molecule has 1 saturated carbocycles. The van der Waals surface area contributed by atoms with Crippen LogP contribution >= 0.6 is 11.3 Å². The minimum Gasteiger partial charge on any atom is -0.308 e. The summed E-state index contributed by atoms with van der Waals surface area (Å²) in [6, 6.07) is 15.8. The summed E-state index contributed by atoms with van der Waals surface area (Å²) in [5, 5.41) is 5.76. The molecule has 2 atom stereocenters. The topological polar surface area (TPSA) is 12.0 Å². The van der Waals surface area contributed by atoms with Crippen LogP contribution in [0, 0.1) is 0 Å². The Kier molecular flexibility index (Phi) is 2.77. The third-order valence-electron chi connectivity index (χ3n) is 3.14. The fourth-order valence-electron chi connectivity index (χ4n) is 2.13. The van der Waals surface area contributed by atoms with E-state index in [-0.39, 0.29) is 0 Å². The lowest BCUT2D eigenvalue weighted by atomic mass is 10.1. The largest absolute Gasteiger partial charge is 0.308 e. The predicted molar refractivity (Wildman–Crippen MR) is 68.7 cm³/mol. The van der Waals surface area contributed by atoms with E-state index in [0.717, 1.165) is 12.5 Å². The highest BCUT2D eigenvalue weighted by molar-refractivity contribution is 7.09. The second-order valence-corrected chi connectivity index (χ2v) is 5.35. The van der Waals surface area contributed by atoms with Crippen LogP contribution in [0.5, 0.6) is 0 Å². The monoisotopic (exact) mass is 229 g/mol. The van der Waals surface area contributed by atoms with Gasteiger partial charge in [-0.05, 0) is 23.4 Å².